The molecule has 0 saturated heterocycles. The Morgan fingerprint density at radius 2 is 2.22 bits per heavy atom. The van der Waals surface area contributed by atoms with Crippen molar-refractivity contribution in [1.29, 1.82) is 0 Å². The molecule has 0 spiro atoms. The highest BCUT2D eigenvalue weighted by Gasteiger charge is 2.38. The Morgan fingerprint density at radius 1 is 1.44 bits per heavy atom. The van der Waals surface area contributed by atoms with Crippen LogP contribution in [0.2, 0.25) is 5.02 Å². The van der Waals surface area contributed by atoms with Crippen LogP contribution in [-0.4, -0.2) is 13.1 Å². The van der Waals surface area contributed by atoms with Gasteiger partial charge in [0.25, 0.3) is 0 Å². The van der Waals surface area contributed by atoms with Gasteiger partial charge in [-0.15, -0.1) is 0 Å². The first-order valence-electron chi connectivity index (χ1n) is 6.94. The highest BCUT2D eigenvalue weighted by molar-refractivity contribution is 6.30. The van der Waals surface area contributed by atoms with Crippen molar-refractivity contribution in [2.75, 3.05) is 7.05 Å². The Morgan fingerprint density at radius 3 is 2.78 bits per heavy atom. The zero-order valence-corrected chi connectivity index (χ0v) is 12.4. The van der Waals surface area contributed by atoms with Crippen molar-refractivity contribution in [1.82, 2.24) is 5.32 Å². The average molecular weight is 266 g/mol. The van der Waals surface area contributed by atoms with E-state index >= 15 is 0 Å². The van der Waals surface area contributed by atoms with Crippen molar-refractivity contribution < 1.29 is 0 Å². The van der Waals surface area contributed by atoms with Crippen LogP contribution in [0.5, 0.6) is 0 Å². The summed E-state index contributed by atoms with van der Waals surface area (Å²) in [6.07, 6.45) is 5.14. The van der Waals surface area contributed by atoms with Crippen LogP contribution in [0.15, 0.2) is 24.3 Å². The molecule has 2 atom stereocenters. The molecule has 1 nitrogen and oxygen atoms in total. The second-order valence-corrected chi connectivity index (χ2v) is 6.65. The minimum Gasteiger partial charge on any atom is -0.316 e. The fourth-order valence-electron chi connectivity index (χ4n) is 3.46. The van der Waals surface area contributed by atoms with E-state index in [0.717, 1.165) is 17.4 Å². The zero-order valence-electron chi connectivity index (χ0n) is 11.7. The van der Waals surface area contributed by atoms with Gasteiger partial charge in [0.1, 0.15) is 0 Å². The second kappa shape index (κ2) is 5.63. The van der Waals surface area contributed by atoms with E-state index < -0.39 is 0 Å². The van der Waals surface area contributed by atoms with Crippen LogP contribution in [0.4, 0.5) is 0 Å². The van der Waals surface area contributed by atoms with Crippen LogP contribution in [0, 0.1) is 11.3 Å². The summed E-state index contributed by atoms with van der Waals surface area (Å²) in [7, 11) is 2.09. The SMILES string of the molecule is CNC(Cc1cccc(Cl)c1)C1CCCC1(C)C. The predicted octanol–water partition coefficient (Wildman–Crippen LogP) is 4.30. The van der Waals surface area contributed by atoms with E-state index in [2.05, 4.69) is 38.3 Å². The van der Waals surface area contributed by atoms with E-state index in [0.29, 0.717) is 11.5 Å². The summed E-state index contributed by atoms with van der Waals surface area (Å²) in [4.78, 5) is 0. The monoisotopic (exact) mass is 265 g/mol. The zero-order chi connectivity index (χ0) is 13.2. The molecule has 1 aromatic carbocycles. The average Bonchev–Trinajstić information content (AvgIpc) is 2.66. The number of likely N-dealkylation sites (N-methyl/N-ethyl adjacent to an activating group) is 1. The van der Waals surface area contributed by atoms with Gasteiger partial charge in [0.15, 0.2) is 0 Å². The van der Waals surface area contributed by atoms with E-state index in [1.807, 2.05) is 12.1 Å². The van der Waals surface area contributed by atoms with Gasteiger partial charge in [0.05, 0.1) is 0 Å². The summed E-state index contributed by atoms with van der Waals surface area (Å²) < 4.78 is 0. The van der Waals surface area contributed by atoms with Gasteiger partial charge in [-0.3, -0.25) is 0 Å². The molecule has 2 unspecified atom stereocenters. The molecule has 1 aliphatic carbocycles. The van der Waals surface area contributed by atoms with Crippen LogP contribution in [0.25, 0.3) is 0 Å². The summed E-state index contributed by atoms with van der Waals surface area (Å²) in [6.45, 7) is 4.82. The van der Waals surface area contributed by atoms with Crippen molar-refractivity contribution in [3.63, 3.8) is 0 Å². The first kappa shape index (κ1) is 13.9. The number of hydrogen-bond donors (Lipinski definition) is 1. The number of hydrogen-bond acceptors (Lipinski definition) is 1. The Hall–Kier alpha value is -0.530. The van der Waals surface area contributed by atoms with Gasteiger partial charge in [-0.1, -0.05) is 44.0 Å². The third kappa shape index (κ3) is 3.07. The molecule has 2 rings (SSSR count). The molecule has 0 amide bonds. The number of halogens is 1. The third-order valence-electron chi connectivity index (χ3n) is 4.54. The number of rotatable bonds is 4. The Balaban J connectivity index is 2.10. The molecule has 1 saturated carbocycles. The maximum absolute atomic E-state index is 6.07. The fraction of sp³-hybridized carbons (Fsp3) is 0.625. The molecule has 0 heterocycles. The van der Waals surface area contributed by atoms with Gasteiger partial charge in [-0.2, -0.15) is 0 Å². The first-order chi connectivity index (χ1) is 8.53. The standard InChI is InChI=1S/C16H24ClN/c1-16(2)9-5-8-14(16)15(18-3)11-12-6-4-7-13(17)10-12/h4,6-7,10,14-15,18H,5,8-9,11H2,1-3H3. The highest BCUT2D eigenvalue weighted by atomic mass is 35.5. The molecule has 18 heavy (non-hydrogen) atoms. The fourth-order valence-corrected chi connectivity index (χ4v) is 3.68. The Labute approximate surface area is 116 Å². The molecule has 2 heteroatoms. The molecule has 0 bridgehead atoms. The predicted molar refractivity (Wildman–Crippen MR) is 79.1 cm³/mol. The van der Waals surface area contributed by atoms with E-state index in [1.54, 1.807) is 0 Å². The van der Waals surface area contributed by atoms with Crippen LogP contribution in [0.3, 0.4) is 0 Å². The van der Waals surface area contributed by atoms with Gasteiger partial charge in [0.2, 0.25) is 0 Å². The molecule has 100 valence electrons. The van der Waals surface area contributed by atoms with E-state index in [4.69, 9.17) is 11.6 Å². The minimum atomic E-state index is 0.465. The van der Waals surface area contributed by atoms with Crippen molar-refractivity contribution in [3.8, 4) is 0 Å². The largest absolute Gasteiger partial charge is 0.316 e. The molecule has 1 aliphatic rings. The summed E-state index contributed by atoms with van der Waals surface area (Å²) in [5.41, 5.74) is 1.80. The normalized spacial score (nSPS) is 24.1. The van der Waals surface area contributed by atoms with Crippen molar-refractivity contribution in [2.24, 2.45) is 11.3 Å². The smallest absolute Gasteiger partial charge is 0.0408 e. The Kier molecular flexibility index (Phi) is 4.34. The topological polar surface area (TPSA) is 12.0 Å². The quantitative estimate of drug-likeness (QED) is 0.856. The molecule has 1 N–H and O–H groups in total. The van der Waals surface area contributed by atoms with Crippen molar-refractivity contribution in [3.05, 3.63) is 34.9 Å². The van der Waals surface area contributed by atoms with Gasteiger partial charge < -0.3 is 5.32 Å². The van der Waals surface area contributed by atoms with Crippen molar-refractivity contribution >= 4 is 11.6 Å². The molecular weight excluding hydrogens is 242 g/mol. The lowest BCUT2D eigenvalue weighted by Gasteiger charge is -2.34. The van der Waals surface area contributed by atoms with Gasteiger partial charge in [0, 0.05) is 11.1 Å². The summed E-state index contributed by atoms with van der Waals surface area (Å²) in [5, 5.41) is 4.37. The molecule has 0 aliphatic heterocycles. The lowest BCUT2D eigenvalue weighted by atomic mass is 9.76. The van der Waals surface area contributed by atoms with Crippen LogP contribution in [-0.2, 0) is 6.42 Å². The van der Waals surface area contributed by atoms with Crippen LogP contribution >= 0.6 is 11.6 Å². The Bertz CT molecular complexity index is 400. The summed E-state index contributed by atoms with van der Waals surface area (Å²) >= 11 is 6.07. The van der Waals surface area contributed by atoms with E-state index in [1.165, 1.54) is 24.8 Å². The second-order valence-electron chi connectivity index (χ2n) is 6.22. The molecule has 1 fully saturated rings. The van der Waals surface area contributed by atoms with Gasteiger partial charge >= 0.3 is 0 Å². The number of benzene rings is 1. The molecule has 1 aromatic rings. The lowest BCUT2D eigenvalue weighted by Crippen LogP contribution is -2.40. The lowest BCUT2D eigenvalue weighted by molar-refractivity contribution is 0.201. The van der Waals surface area contributed by atoms with E-state index in [9.17, 15) is 0 Å². The van der Waals surface area contributed by atoms with Gasteiger partial charge in [-0.05, 0) is 55.3 Å². The van der Waals surface area contributed by atoms with E-state index in [-0.39, 0.29) is 0 Å². The highest BCUT2D eigenvalue weighted by Crippen LogP contribution is 2.44. The molecular formula is C16H24ClN. The summed E-state index contributed by atoms with van der Waals surface area (Å²) in [6, 6.07) is 8.82. The minimum absolute atomic E-state index is 0.465. The van der Waals surface area contributed by atoms with Crippen LogP contribution < -0.4 is 5.32 Å². The molecule has 0 aromatic heterocycles. The third-order valence-corrected chi connectivity index (χ3v) is 4.78. The maximum Gasteiger partial charge on any atom is 0.0408 e. The summed E-state index contributed by atoms with van der Waals surface area (Å²) in [5.74, 6) is 0.765. The number of nitrogens with one attached hydrogen (secondary N) is 1. The first-order valence-corrected chi connectivity index (χ1v) is 7.32. The maximum atomic E-state index is 6.07. The molecule has 0 radical (unpaired) electrons. The van der Waals surface area contributed by atoms with Gasteiger partial charge in [-0.25, -0.2) is 0 Å². The van der Waals surface area contributed by atoms with Crippen LogP contribution in [0.1, 0.15) is 38.7 Å². The van der Waals surface area contributed by atoms with Crippen molar-refractivity contribution in [2.45, 2.75) is 45.6 Å².